The lowest BCUT2D eigenvalue weighted by molar-refractivity contribution is 0.197. The second kappa shape index (κ2) is 4.64. The highest BCUT2D eigenvalue weighted by Crippen LogP contribution is 2.21. The van der Waals surface area contributed by atoms with Crippen molar-refractivity contribution in [3.8, 4) is 6.07 Å². The summed E-state index contributed by atoms with van der Waals surface area (Å²) in [6.07, 6.45) is 0. The van der Waals surface area contributed by atoms with Gasteiger partial charge in [-0.1, -0.05) is 17.7 Å². The van der Waals surface area contributed by atoms with E-state index in [0.717, 1.165) is 12.1 Å². The summed E-state index contributed by atoms with van der Waals surface area (Å²) in [4.78, 5) is 15.1. The van der Waals surface area contributed by atoms with Gasteiger partial charge in [0.1, 0.15) is 0 Å². The predicted octanol–water partition coefficient (Wildman–Crippen LogP) is 2.08. The second-order valence-electron chi connectivity index (χ2n) is 4.04. The number of rotatable bonds is 2. The smallest absolute Gasteiger partial charge is 0.320 e. The lowest BCUT2D eigenvalue weighted by Crippen LogP contribution is -2.29. The van der Waals surface area contributed by atoms with Crippen molar-refractivity contribution in [2.24, 2.45) is 0 Å². The van der Waals surface area contributed by atoms with Gasteiger partial charge in [-0.15, -0.1) is 0 Å². The molecule has 1 aromatic carbocycles. The van der Waals surface area contributed by atoms with Gasteiger partial charge in [0.25, 0.3) is 0 Å². The molecule has 0 spiro atoms. The number of carbonyl (C=O) groups excluding carboxylic acids is 1. The van der Waals surface area contributed by atoms with Crippen molar-refractivity contribution in [1.82, 2.24) is 9.80 Å². The molecule has 1 aliphatic rings. The minimum absolute atomic E-state index is 0.0189. The monoisotopic (exact) mass is 249 g/mol. The standard InChI is InChI=1S/C12H12ClN3O/c1-15-4-5-16(12(15)17)8-10-3-2-9(7-14)6-11(10)13/h2-3,6H,4-5,8H2,1H3. The maximum atomic E-state index is 11.7. The molecule has 0 aliphatic carbocycles. The van der Waals surface area contributed by atoms with E-state index in [1.54, 1.807) is 35.0 Å². The maximum absolute atomic E-state index is 11.7. The molecule has 1 saturated heterocycles. The van der Waals surface area contributed by atoms with Gasteiger partial charge < -0.3 is 9.80 Å². The van der Waals surface area contributed by atoms with Crippen molar-refractivity contribution < 1.29 is 4.79 Å². The zero-order valence-electron chi connectivity index (χ0n) is 9.48. The second-order valence-corrected chi connectivity index (χ2v) is 4.45. The average Bonchev–Trinajstić information content (AvgIpc) is 2.63. The molecule has 1 heterocycles. The molecule has 1 fully saturated rings. The van der Waals surface area contributed by atoms with E-state index in [1.807, 2.05) is 6.07 Å². The molecule has 88 valence electrons. The molecule has 4 nitrogen and oxygen atoms in total. The summed E-state index contributed by atoms with van der Waals surface area (Å²) in [5.41, 5.74) is 1.40. The first kappa shape index (κ1) is 11.7. The minimum atomic E-state index is 0.0189. The van der Waals surface area contributed by atoms with Gasteiger partial charge in [0.15, 0.2) is 0 Å². The highest BCUT2D eigenvalue weighted by Gasteiger charge is 2.25. The number of amides is 2. The van der Waals surface area contributed by atoms with Crippen LogP contribution >= 0.6 is 11.6 Å². The summed E-state index contributed by atoms with van der Waals surface area (Å²) in [7, 11) is 1.78. The van der Waals surface area contributed by atoms with Crippen LogP contribution in [0.2, 0.25) is 5.02 Å². The summed E-state index contributed by atoms with van der Waals surface area (Å²) in [6, 6.07) is 7.19. The molecule has 0 radical (unpaired) electrons. The number of urea groups is 1. The van der Waals surface area contributed by atoms with Crippen LogP contribution in [0.15, 0.2) is 18.2 Å². The van der Waals surface area contributed by atoms with Gasteiger partial charge in [0.05, 0.1) is 11.6 Å². The Morgan fingerprint density at radius 1 is 1.47 bits per heavy atom. The summed E-state index contributed by atoms with van der Waals surface area (Å²) < 4.78 is 0. The van der Waals surface area contributed by atoms with Crippen LogP contribution < -0.4 is 0 Å². The van der Waals surface area contributed by atoms with Crippen LogP contribution in [0.25, 0.3) is 0 Å². The number of benzene rings is 1. The van der Waals surface area contributed by atoms with E-state index in [-0.39, 0.29) is 6.03 Å². The van der Waals surface area contributed by atoms with Crippen LogP contribution in [-0.2, 0) is 6.54 Å². The third kappa shape index (κ3) is 2.34. The Labute approximate surface area is 105 Å². The van der Waals surface area contributed by atoms with E-state index in [9.17, 15) is 4.79 Å². The van der Waals surface area contributed by atoms with Crippen molar-refractivity contribution in [3.63, 3.8) is 0 Å². The quantitative estimate of drug-likeness (QED) is 0.806. The Balaban J connectivity index is 2.15. The predicted molar refractivity (Wildman–Crippen MR) is 64.6 cm³/mol. The molecule has 0 bridgehead atoms. The Kier molecular flexibility index (Phi) is 3.21. The Morgan fingerprint density at radius 3 is 2.76 bits per heavy atom. The van der Waals surface area contributed by atoms with Gasteiger partial charge in [-0.2, -0.15) is 5.26 Å². The SMILES string of the molecule is CN1CCN(Cc2ccc(C#N)cc2Cl)C1=O. The lowest BCUT2D eigenvalue weighted by atomic mass is 10.1. The summed E-state index contributed by atoms with van der Waals surface area (Å²) in [5.74, 6) is 0. The number of nitrogens with zero attached hydrogens (tertiary/aromatic N) is 3. The highest BCUT2D eigenvalue weighted by molar-refractivity contribution is 6.31. The van der Waals surface area contributed by atoms with E-state index in [0.29, 0.717) is 23.7 Å². The first-order valence-corrected chi connectivity index (χ1v) is 5.68. The topological polar surface area (TPSA) is 47.3 Å². The fourth-order valence-electron chi connectivity index (χ4n) is 1.80. The number of halogens is 1. The molecule has 2 amide bonds. The van der Waals surface area contributed by atoms with E-state index in [4.69, 9.17) is 16.9 Å². The molecule has 0 saturated carbocycles. The maximum Gasteiger partial charge on any atom is 0.320 e. The van der Waals surface area contributed by atoms with E-state index < -0.39 is 0 Å². The Hall–Kier alpha value is -1.73. The van der Waals surface area contributed by atoms with Crippen molar-refractivity contribution in [2.75, 3.05) is 20.1 Å². The molecule has 2 rings (SSSR count). The summed E-state index contributed by atoms with van der Waals surface area (Å²) in [5, 5.41) is 9.27. The van der Waals surface area contributed by atoms with E-state index in [1.165, 1.54) is 0 Å². The van der Waals surface area contributed by atoms with Gasteiger partial charge in [0, 0.05) is 31.7 Å². The molecular formula is C12H12ClN3O. The van der Waals surface area contributed by atoms with E-state index >= 15 is 0 Å². The van der Waals surface area contributed by atoms with Crippen LogP contribution in [0.4, 0.5) is 4.79 Å². The fraction of sp³-hybridized carbons (Fsp3) is 0.333. The van der Waals surface area contributed by atoms with Crippen LogP contribution in [0, 0.1) is 11.3 Å². The third-order valence-electron chi connectivity index (χ3n) is 2.85. The minimum Gasteiger partial charge on any atom is -0.326 e. The largest absolute Gasteiger partial charge is 0.326 e. The third-order valence-corrected chi connectivity index (χ3v) is 3.20. The Morgan fingerprint density at radius 2 is 2.24 bits per heavy atom. The summed E-state index contributed by atoms with van der Waals surface area (Å²) in [6.45, 7) is 1.95. The first-order chi connectivity index (χ1) is 8.11. The molecule has 1 aliphatic heterocycles. The van der Waals surface area contributed by atoms with Crippen molar-refractivity contribution in [3.05, 3.63) is 34.3 Å². The molecular weight excluding hydrogens is 238 g/mol. The van der Waals surface area contributed by atoms with Crippen LogP contribution in [0.3, 0.4) is 0 Å². The molecule has 0 atom stereocenters. The van der Waals surface area contributed by atoms with Gasteiger partial charge in [0.2, 0.25) is 0 Å². The van der Waals surface area contributed by atoms with Crippen LogP contribution in [-0.4, -0.2) is 36.0 Å². The normalized spacial score (nSPS) is 15.2. The first-order valence-electron chi connectivity index (χ1n) is 5.30. The number of likely N-dealkylation sites (N-methyl/N-ethyl adjacent to an activating group) is 1. The number of hydrogen-bond donors (Lipinski definition) is 0. The molecule has 5 heteroatoms. The summed E-state index contributed by atoms with van der Waals surface area (Å²) >= 11 is 6.07. The van der Waals surface area contributed by atoms with Crippen LogP contribution in [0.1, 0.15) is 11.1 Å². The van der Waals surface area contributed by atoms with Gasteiger partial charge in [-0.25, -0.2) is 4.79 Å². The molecule has 1 aromatic rings. The molecule has 0 unspecified atom stereocenters. The van der Waals surface area contributed by atoms with Gasteiger partial charge in [-0.3, -0.25) is 0 Å². The van der Waals surface area contributed by atoms with Crippen LogP contribution in [0.5, 0.6) is 0 Å². The number of carbonyl (C=O) groups is 1. The number of nitriles is 1. The zero-order chi connectivity index (χ0) is 12.4. The van der Waals surface area contributed by atoms with Gasteiger partial charge in [-0.05, 0) is 17.7 Å². The Bertz CT molecular complexity index is 495. The average molecular weight is 250 g/mol. The molecule has 17 heavy (non-hydrogen) atoms. The molecule has 0 aromatic heterocycles. The highest BCUT2D eigenvalue weighted by atomic mass is 35.5. The van der Waals surface area contributed by atoms with Crippen molar-refractivity contribution in [2.45, 2.75) is 6.54 Å². The van der Waals surface area contributed by atoms with Crippen molar-refractivity contribution >= 4 is 17.6 Å². The lowest BCUT2D eigenvalue weighted by Gasteiger charge is -2.16. The zero-order valence-corrected chi connectivity index (χ0v) is 10.2. The van der Waals surface area contributed by atoms with E-state index in [2.05, 4.69) is 0 Å². The fourth-order valence-corrected chi connectivity index (χ4v) is 2.04. The molecule has 0 N–H and O–H groups in total. The van der Waals surface area contributed by atoms with Gasteiger partial charge >= 0.3 is 6.03 Å². The number of hydrogen-bond acceptors (Lipinski definition) is 2. The van der Waals surface area contributed by atoms with Crippen molar-refractivity contribution in [1.29, 1.82) is 5.26 Å².